The SMILES string of the molecule is CN(C)c1ccc(C(CNC(=O)Nc2ccc(Cl)c(Cl)c2)N2CCOCC2)cc1. The molecule has 0 spiro atoms. The molecule has 1 saturated heterocycles. The van der Waals surface area contributed by atoms with Crippen molar-refractivity contribution < 1.29 is 9.53 Å². The molecule has 0 bridgehead atoms. The summed E-state index contributed by atoms with van der Waals surface area (Å²) in [6.07, 6.45) is 0. The van der Waals surface area contributed by atoms with E-state index in [4.69, 9.17) is 27.9 Å². The number of rotatable bonds is 6. The lowest BCUT2D eigenvalue weighted by molar-refractivity contribution is 0.0168. The molecular formula is C21H26Cl2N4O2. The highest BCUT2D eigenvalue weighted by molar-refractivity contribution is 6.42. The van der Waals surface area contributed by atoms with E-state index in [1.165, 1.54) is 0 Å². The highest BCUT2D eigenvalue weighted by atomic mass is 35.5. The van der Waals surface area contributed by atoms with E-state index < -0.39 is 0 Å². The third-order valence-electron chi connectivity index (χ3n) is 4.91. The molecule has 2 amide bonds. The van der Waals surface area contributed by atoms with Gasteiger partial charge in [-0.05, 0) is 35.9 Å². The second-order valence-corrected chi connectivity index (χ2v) is 7.93. The largest absolute Gasteiger partial charge is 0.379 e. The molecule has 0 saturated carbocycles. The van der Waals surface area contributed by atoms with Crippen LogP contribution in [0.4, 0.5) is 16.2 Å². The Morgan fingerprint density at radius 2 is 1.79 bits per heavy atom. The van der Waals surface area contributed by atoms with Crippen molar-refractivity contribution in [1.82, 2.24) is 10.2 Å². The Balaban J connectivity index is 1.67. The Hall–Kier alpha value is -1.99. The number of ether oxygens (including phenoxy) is 1. The number of urea groups is 1. The van der Waals surface area contributed by atoms with Gasteiger partial charge in [0.25, 0.3) is 0 Å². The first kappa shape index (κ1) is 21.7. The van der Waals surface area contributed by atoms with Crippen molar-refractivity contribution in [2.75, 3.05) is 57.2 Å². The average molecular weight is 437 g/mol. The maximum atomic E-state index is 12.4. The van der Waals surface area contributed by atoms with Crippen LogP contribution in [0.15, 0.2) is 42.5 Å². The van der Waals surface area contributed by atoms with Gasteiger partial charge in [0.1, 0.15) is 0 Å². The lowest BCUT2D eigenvalue weighted by Crippen LogP contribution is -2.44. The van der Waals surface area contributed by atoms with E-state index in [-0.39, 0.29) is 12.1 Å². The van der Waals surface area contributed by atoms with Crippen LogP contribution in [0.25, 0.3) is 0 Å². The van der Waals surface area contributed by atoms with Crippen molar-refractivity contribution in [3.8, 4) is 0 Å². The molecule has 2 aromatic carbocycles. The van der Waals surface area contributed by atoms with Crippen molar-refractivity contribution >= 4 is 40.6 Å². The van der Waals surface area contributed by atoms with Crippen LogP contribution in [0, 0.1) is 0 Å². The summed E-state index contributed by atoms with van der Waals surface area (Å²) in [5.74, 6) is 0. The number of hydrogen-bond donors (Lipinski definition) is 2. The molecular weight excluding hydrogens is 411 g/mol. The monoisotopic (exact) mass is 436 g/mol. The zero-order chi connectivity index (χ0) is 20.8. The molecule has 2 N–H and O–H groups in total. The number of carbonyl (C=O) groups excluding carboxylic acids is 1. The van der Waals surface area contributed by atoms with Gasteiger partial charge in [0, 0.05) is 45.1 Å². The van der Waals surface area contributed by atoms with Gasteiger partial charge in [0.2, 0.25) is 0 Å². The minimum Gasteiger partial charge on any atom is -0.379 e. The summed E-state index contributed by atoms with van der Waals surface area (Å²) in [7, 11) is 4.03. The fourth-order valence-corrected chi connectivity index (χ4v) is 3.58. The Bertz CT molecular complexity index is 824. The third-order valence-corrected chi connectivity index (χ3v) is 5.65. The lowest BCUT2D eigenvalue weighted by Gasteiger charge is -2.35. The Morgan fingerprint density at radius 1 is 1.10 bits per heavy atom. The molecule has 1 aliphatic rings. The number of amides is 2. The van der Waals surface area contributed by atoms with E-state index in [0.29, 0.717) is 35.5 Å². The van der Waals surface area contributed by atoms with Gasteiger partial charge in [0.15, 0.2) is 0 Å². The van der Waals surface area contributed by atoms with Gasteiger partial charge < -0.3 is 20.3 Å². The first-order chi connectivity index (χ1) is 13.9. The molecule has 6 nitrogen and oxygen atoms in total. The number of nitrogens with zero attached hydrogens (tertiary/aromatic N) is 2. The van der Waals surface area contributed by atoms with E-state index in [2.05, 4.69) is 44.7 Å². The maximum Gasteiger partial charge on any atom is 0.319 e. The van der Waals surface area contributed by atoms with Gasteiger partial charge >= 0.3 is 6.03 Å². The van der Waals surface area contributed by atoms with Gasteiger partial charge in [-0.3, -0.25) is 4.90 Å². The van der Waals surface area contributed by atoms with Crippen LogP contribution in [0.2, 0.25) is 10.0 Å². The fourth-order valence-electron chi connectivity index (χ4n) is 3.28. The number of carbonyl (C=O) groups is 1. The summed E-state index contributed by atoms with van der Waals surface area (Å²) in [5.41, 5.74) is 2.89. The van der Waals surface area contributed by atoms with E-state index in [1.54, 1.807) is 18.2 Å². The first-order valence-corrected chi connectivity index (χ1v) is 10.3. The molecule has 29 heavy (non-hydrogen) atoms. The Kier molecular flexibility index (Phi) is 7.61. The zero-order valence-electron chi connectivity index (χ0n) is 16.6. The molecule has 0 radical (unpaired) electrons. The maximum absolute atomic E-state index is 12.4. The van der Waals surface area contributed by atoms with Crippen LogP contribution in [0.1, 0.15) is 11.6 Å². The average Bonchev–Trinajstić information content (AvgIpc) is 2.72. The predicted molar refractivity (Wildman–Crippen MR) is 119 cm³/mol. The normalized spacial score (nSPS) is 15.6. The predicted octanol–water partition coefficient (Wildman–Crippen LogP) is 4.25. The topological polar surface area (TPSA) is 56.8 Å². The second kappa shape index (κ2) is 10.2. The van der Waals surface area contributed by atoms with Crippen molar-refractivity contribution in [2.45, 2.75) is 6.04 Å². The minimum absolute atomic E-state index is 0.0645. The number of benzene rings is 2. The van der Waals surface area contributed by atoms with Crippen LogP contribution in [-0.2, 0) is 4.74 Å². The molecule has 0 aliphatic carbocycles. The quantitative estimate of drug-likeness (QED) is 0.710. The van der Waals surface area contributed by atoms with Crippen LogP contribution in [0.3, 0.4) is 0 Å². The van der Waals surface area contributed by atoms with E-state index in [0.717, 1.165) is 24.3 Å². The van der Waals surface area contributed by atoms with Gasteiger partial charge in [0.05, 0.1) is 29.3 Å². The molecule has 0 aromatic heterocycles. The fraction of sp³-hybridized carbons (Fsp3) is 0.381. The molecule has 156 valence electrons. The molecule has 8 heteroatoms. The lowest BCUT2D eigenvalue weighted by atomic mass is 10.0. The van der Waals surface area contributed by atoms with E-state index in [1.807, 2.05) is 14.1 Å². The number of anilines is 2. The van der Waals surface area contributed by atoms with Crippen molar-refractivity contribution in [2.24, 2.45) is 0 Å². The van der Waals surface area contributed by atoms with Crippen LogP contribution in [-0.4, -0.2) is 57.9 Å². The Labute approximate surface area is 181 Å². The summed E-state index contributed by atoms with van der Waals surface area (Å²) in [6.45, 7) is 3.53. The molecule has 2 aromatic rings. The molecule has 1 fully saturated rings. The zero-order valence-corrected chi connectivity index (χ0v) is 18.1. The number of halogens is 2. The number of hydrogen-bond acceptors (Lipinski definition) is 4. The smallest absolute Gasteiger partial charge is 0.319 e. The summed E-state index contributed by atoms with van der Waals surface area (Å²) in [4.78, 5) is 16.8. The summed E-state index contributed by atoms with van der Waals surface area (Å²) >= 11 is 11.9. The van der Waals surface area contributed by atoms with Crippen molar-refractivity contribution in [1.29, 1.82) is 0 Å². The minimum atomic E-state index is -0.286. The van der Waals surface area contributed by atoms with Gasteiger partial charge in [-0.1, -0.05) is 35.3 Å². The van der Waals surface area contributed by atoms with Gasteiger partial charge in [-0.2, -0.15) is 0 Å². The van der Waals surface area contributed by atoms with Crippen LogP contribution in [0.5, 0.6) is 0 Å². The molecule has 3 rings (SSSR count). The number of nitrogens with one attached hydrogen (secondary N) is 2. The highest BCUT2D eigenvalue weighted by Gasteiger charge is 2.23. The number of morpholine rings is 1. The second-order valence-electron chi connectivity index (χ2n) is 7.11. The molecule has 1 atom stereocenters. The molecule has 1 unspecified atom stereocenters. The van der Waals surface area contributed by atoms with Crippen LogP contribution < -0.4 is 15.5 Å². The van der Waals surface area contributed by atoms with Crippen molar-refractivity contribution in [3.05, 3.63) is 58.1 Å². The van der Waals surface area contributed by atoms with E-state index >= 15 is 0 Å². The van der Waals surface area contributed by atoms with Gasteiger partial charge in [-0.25, -0.2) is 4.79 Å². The highest BCUT2D eigenvalue weighted by Crippen LogP contribution is 2.26. The van der Waals surface area contributed by atoms with Crippen molar-refractivity contribution in [3.63, 3.8) is 0 Å². The third kappa shape index (κ3) is 6.00. The van der Waals surface area contributed by atoms with E-state index in [9.17, 15) is 4.79 Å². The first-order valence-electron chi connectivity index (χ1n) is 9.53. The summed E-state index contributed by atoms with van der Waals surface area (Å²) in [6, 6.07) is 13.2. The summed E-state index contributed by atoms with van der Waals surface area (Å²) < 4.78 is 5.49. The standard InChI is InChI=1S/C21H26Cl2N4O2/c1-26(2)17-6-3-15(4-7-17)20(27-9-11-29-12-10-27)14-24-21(28)25-16-5-8-18(22)19(23)13-16/h3-8,13,20H,9-12,14H2,1-2H3,(H2,24,25,28). The molecule has 1 aliphatic heterocycles. The summed E-state index contributed by atoms with van der Waals surface area (Å²) in [5, 5.41) is 6.63. The van der Waals surface area contributed by atoms with Gasteiger partial charge in [-0.15, -0.1) is 0 Å². The molecule has 1 heterocycles. The Morgan fingerprint density at radius 3 is 2.41 bits per heavy atom. The van der Waals surface area contributed by atoms with Crippen LogP contribution >= 0.6 is 23.2 Å².